The molecule has 10 heteroatoms. The van der Waals surface area contributed by atoms with Crippen molar-refractivity contribution in [2.24, 2.45) is 0 Å². The number of carbonyl (C=O) groups excluding carboxylic acids is 2. The van der Waals surface area contributed by atoms with E-state index in [0.29, 0.717) is 35.0 Å². The quantitative estimate of drug-likeness (QED) is 0.594. The molecular formula is C23H27ClN6O3. The molecule has 0 aliphatic carbocycles. The zero-order chi connectivity index (χ0) is 23.6. The van der Waals surface area contributed by atoms with Gasteiger partial charge >= 0.3 is 6.09 Å². The van der Waals surface area contributed by atoms with Gasteiger partial charge in [0.25, 0.3) is 5.91 Å². The molecule has 174 valence electrons. The fraction of sp³-hybridized carbons (Fsp3) is 0.391. The van der Waals surface area contributed by atoms with E-state index in [2.05, 4.69) is 25.6 Å². The zero-order valence-corrected chi connectivity index (χ0v) is 19.6. The highest BCUT2D eigenvalue weighted by Crippen LogP contribution is 2.32. The molecular weight excluding hydrogens is 444 g/mol. The van der Waals surface area contributed by atoms with Gasteiger partial charge in [0.05, 0.1) is 17.6 Å². The Morgan fingerprint density at radius 2 is 1.97 bits per heavy atom. The third-order valence-corrected chi connectivity index (χ3v) is 5.52. The highest BCUT2D eigenvalue weighted by Gasteiger charge is 2.25. The topological polar surface area (TPSA) is 101 Å². The highest BCUT2D eigenvalue weighted by molar-refractivity contribution is 6.31. The van der Waals surface area contributed by atoms with Gasteiger partial charge in [-0.1, -0.05) is 11.6 Å². The molecule has 0 radical (unpaired) electrons. The van der Waals surface area contributed by atoms with Gasteiger partial charge in [0, 0.05) is 36.5 Å². The third kappa shape index (κ3) is 5.54. The molecule has 1 aromatic carbocycles. The van der Waals surface area contributed by atoms with Crippen molar-refractivity contribution in [1.82, 2.24) is 19.9 Å². The van der Waals surface area contributed by atoms with E-state index in [1.807, 2.05) is 26.8 Å². The Kier molecular flexibility index (Phi) is 6.42. The second kappa shape index (κ2) is 9.27. The Hall–Kier alpha value is -3.33. The summed E-state index contributed by atoms with van der Waals surface area (Å²) in [5.74, 6) is -0.311. The first-order valence-electron chi connectivity index (χ1n) is 10.8. The summed E-state index contributed by atoms with van der Waals surface area (Å²) in [6.45, 7) is 6.95. The molecule has 2 N–H and O–H groups in total. The van der Waals surface area contributed by atoms with Crippen LogP contribution in [0.5, 0.6) is 0 Å². The number of piperidine rings is 1. The van der Waals surface area contributed by atoms with Gasteiger partial charge in [-0.2, -0.15) is 5.10 Å². The molecule has 0 bridgehead atoms. The average Bonchev–Trinajstić information content (AvgIpc) is 3.18. The van der Waals surface area contributed by atoms with Crippen molar-refractivity contribution in [3.8, 4) is 0 Å². The van der Waals surface area contributed by atoms with Crippen LogP contribution in [-0.4, -0.2) is 51.3 Å². The van der Waals surface area contributed by atoms with E-state index < -0.39 is 11.7 Å². The number of alkyl carbamates (subject to hydrolysis) is 1. The second-order valence-corrected chi connectivity index (χ2v) is 9.41. The molecule has 0 spiro atoms. The second-order valence-electron chi connectivity index (χ2n) is 8.97. The van der Waals surface area contributed by atoms with Crippen molar-refractivity contribution in [2.75, 3.05) is 23.3 Å². The van der Waals surface area contributed by atoms with Crippen molar-refractivity contribution in [3.05, 3.63) is 53.4 Å². The summed E-state index contributed by atoms with van der Waals surface area (Å²) >= 11 is 6.23. The molecule has 0 unspecified atom stereocenters. The molecule has 1 fully saturated rings. The van der Waals surface area contributed by atoms with Crippen LogP contribution >= 0.6 is 11.6 Å². The van der Waals surface area contributed by atoms with Crippen LogP contribution in [0, 0.1) is 0 Å². The molecule has 1 aliphatic heterocycles. The molecule has 0 saturated carbocycles. The van der Waals surface area contributed by atoms with Gasteiger partial charge in [-0.15, -0.1) is 0 Å². The van der Waals surface area contributed by atoms with Crippen molar-refractivity contribution < 1.29 is 14.3 Å². The fourth-order valence-electron chi connectivity index (χ4n) is 3.80. The number of carbonyl (C=O) groups is 2. The lowest BCUT2D eigenvalue weighted by Gasteiger charge is -2.35. The maximum absolute atomic E-state index is 13.0. The summed E-state index contributed by atoms with van der Waals surface area (Å²) in [7, 11) is 0. The number of fused-ring (bicyclic) bond motifs is 1. The molecule has 3 aromatic rings. The number of ether oxygens (including phenoxy) is 1. The molecule has 3 heterocycles. The lowest BCUT2D eigenvalue weighted by atomic mass is 10.0. The van der Waals surface area contributed by atoms with Crippen LogP contribution in [0.4, 0.5) is 16.2 Å². The number of amides is 2. The normalized spacial score (nSPS) is 14.8. The van der Waals surface area contributed by atoms with E-state index in [1.165, 1.54) is 6.20 Å². The van der Waals surface area contributed by atoms with Gasteiger partial charge in [0.2, 0.25) is 0 Å². The van der Waals surface area contributed by atoms with E-state index >= 15 is 0 Å². The van der Waals surface area contributed by atoms with Crippen LogP contribution in [0.15, 0.2) is 42.9 Å². The van der Waals surface area contributed by atoms with E-state index in [-0.39, 0.29) is 11.9 Å². The van der Waals surface area contributed by atoms with Crippen LogP contribution in [-0.2, 0) is 4.74 Å². The molecule has 1 aliphatic rings. The first kappa shape index (κ1) is 22.8. The number of halogens is 1. The van der Waals surface area contributed by atoms with Gasteiger partial charge in [-0.3, -0.25) is 4.79 Å². The number of aromatic nitrogens is 3. The minimum Gasteiger partial charge on any atom is -0.444 e. The van der Waals surface area contributed by atoms with Crippen molar-refractivity contribution in [3.63, 3.8) is 0 Å². The van der Waals surface area contributed by atoms with Gasteiger partial charge in [0.1, 0.15) is 11.2 Å². The van der Waals surface area contributed by atoms with E-state index in [0.717, 1.165) is 18.5 Å². The Bertz CT molecular complexity index is 1160. The maximum atomic E-state index is 13.0. The first-order chi connectivity index (χ1) is 15.7. The molecule has 1 saturated heterocycles. The van der Waals surface area contributed by atoms with E-state index in [4.69, 9.17) is 16.3 Å². The maximum Gasteiger partial charge on any atom is 0.407 e. The lowest BCUT2D eigenvalue weighted by Crippen LogP contribution is -2.46. The molecule has 0 atom stereocenters. The Morgan fingerprint density at radius 3 is 2.70 bits per heavy atom. The lowest BCUT2D eigenvalue weighted by molar-refractivity contribution is 0.0497. The number of benzene rings is 1. The molecule has 2 aromatic heterocycles. The fourth-order valence-corrected chi connectivity index (χ4v) is 3.97. The highest BCUT2D eigenvalue weighted by atomic mass is 35.5. The molecule has 4 rings (SSSR count). The van der Waals surface area contributed by atoms with Gasteiger partial charge in [-0.25, -0.2) is 14.3 Å². The SMILES string of the molecule is CC(C)(C)OC(=O)NC1CCN(c2ccc(Cl)cc2NC(=O)c2cnn3cccnc23)CC1. The predicted molar refractivity (Wildman–Crippen MR) is 127 cm³/mol. The standard InChI is InChI=1S/C23H27ClN6O3/c1-23(2,3)33-22(32)27-16-7-11-29(12-8-16)19-6-5-15(24)13-18(19)28-21(31)17-14-26-30-10-4-9-25-20(17)30/h4-6,9-10,13-14,16H,7-8,11-12H2,1-3H3,(H,27,32)(H,28,31). The van der Waals surface area contributed by atoms with Gasteiger partial charge in [0.15, 0.2) is 5.65 Å². The number of anilines is 2. The predicted octanol–water partition coefficient (Wildman–Crippen LogP) is 4.13. The smallest absolute Gasteiger partial charge is 0.407 e. The molecule has 2 amide bonds. The third-order valence-electron chi connectivity index (χ3n) is 5.29. The van der Waals surface area contributed by atoms with Crippen LogP contribution in [0.1, 0.15) is 44.0 Å². The van der Waals surface area contributed by atoms with Crippen molar-refractivity contribution >= 4 is 40.6 Å². The Labute approximate surface area is 197 Å². The minimum atomic E-state index is -0.530. The van der Waals surface area contributed by atoms with E-state index in [1.54, 1.807) is 35.1 Å². The van der Waals surface area contributed by atoms with Crippen molar-refractivity contribution in [2.45, 2.75) is 45.3 Å². The molecule has 9 nitrogen and oxygen atoms in total. The summed E-state index contributed by atoms with van der Waals surface area (Å²) < 4.78 is 6.91. The van der Waals surface area contributed by atoms with E-state index in [9.17, 15) is 9.59 Å². The number of rotatable bonds is 4. The van der Waals surface area contributed by atoms with Crippen LogP contribution < -0.4 is 15.5 Å². The summed E-state index contributed by atoms with van der Waals surface area (Å²) in [6, 6.07) is 7.21. The molecule has 33 heavy (non-hydrogen) atoms. The van der Waals surface area contributed by atoms with Crippen molar-refractivity contribution in [1.29, 1.82) is 0 Å². The van der Waals surface area contributed by atoms with Crippen LogP contribution in [0.25, 0.3) is 5.65 Å². The number of hydrogen-bond donors (Lipinski definition) is 2. The van der Waals surface area contributed by atoms with Crippen LogP contribution in [0.3, 0.4) is 0 Å². The average molecular weight is 471 g/mol. The first-order valence-corrected chi connectivity index (χ1v) is 11.2. The van der Waals surface area contributed by atoms with Crippen LogP contribution in [0.2, 0.25) is 5.02 Å². The summed E-state index contributed by atoms with van der Waals surface area (Å²) in [5, 5.41) is 10.6. The Balaban J connectivity index is 1.45. The summed E-state index contributed by atoms with van der Waals surface area (Å²) in [4.78, 5) is 31.5. The summed E-state index contributed by atoms with van der Waals surface area (Å²) in [6.07, 6.45) is 5.96. The zero-order valence-electron chi connectivity index (χ0n) is 18.8. The number of nitrogens with zero attached hydrogens (tertiary/aromatic N) is 4. The summed E-state index contributed by atoms with van der Waals surface area (Å²) in [5.41, 5.74) is 1.81. The minimum absolute atomic E-state index is 0.0336. The number of nitrogens with one attached hydrogen (secondary N) is 2. The monoisotopic (exact) mass is 470 g/mol. The largest absolute Gasteiger partial charge is 0.444 e. The van der Waals surface area contributed by atoms with Gasteiger partial charge < -0.3 is 20.3 Å². The number of hydrogen-bond acceptors (Lipinski definition) is 6. The Morgan fingerprint density at radius 1 is 1.21 bits per heavy atom. The van der Waals surface area contributed by atoms with Gasteiger partial charge in [-0.05, 0) is 57.9 Å².